The SMILES string of the molecule is CC(C)CNc1cc(OOO)ccc1C(N)=O. The molecule has 0 bridgehead atoms. The maximum absolute atomic E-state index is 11.2. The van der Waals surface area contributed by atoms with E-state index in [1.807, 2.05) is 13.8 Å². The van der Waals surface area contributed by atoms with Gasteiger partial charge in [0.2, 0.25) is 0 Å². The predicted molar refractivity (Wildman–Crippen MR) is 62.6 cm³/mol. The van der Waals surface area contributed by atoms with Gasteiger partial charge in [-0.05, 0) is 23.1 Å². The van der Waals surface area contributed by atoms with E-state index in [0.29, 0.717) is 23.7 Å². The highest BCUT2D eigenvalue weighted by Crippen LogP contribution is 2.22. The van der Waals surface area contributed by atoms with Gasteiger partial charge in [0.15, 0.2) is 5.75 Å². The van der Waals surface area contributed by atoms with Crippen molar-refractivity contribution >= 4 is 11.6 Å². The van der Waals surface area contributed by atoms with E-state index in [1.165, 1.54) is 18.2 Å². The number of anilines is 1. The van der Waals surface area contributed by atoms with Gasteiger partial charge >= 0.3 is 0 Å². The minimum Gasteiger partial charge on any atom is -0.384 e. The van der Waals surface area contributed by atoms with E-state index >= 15 is 0 Å². The number of hydrogen-bond donors (Lipinski definition) is 3. The molecule has 0 aliphatic rings. The van der Waals surface area contributed by atoms with E-state index in [4.69, 9.17) is 11.0 Å². The third kappa shape index (κ3) is 3.93. The maximum atomic E-state index is 11.2. The van der Waals surface area contributed by atoms with Crippen LogP contribution in [0.5, 0.6) is 5.75 Å². The molecular weight excluding hydrogens is 224 g/mol. The van der Waals surface area contributed by atoms with Gasteiger partial charge in [0.05, 0.1) is 11.3 Å². The van der Waals surface area contributed by atoms with E-state index in [0.717, 1.165) is 0 Å². The van der Waals surface area contributed by atoms with E-state index in [9.17, 15) is 4.79 Å². The third-order valence-corrected chi connectivity index (χ3v) is 2.09. The largest absolute Gasteiger partial charge is 0.384 e. The highest BCUT2D eigenvalue weighted by molar-refractivity contribution is 5.98. The lowest BCUT2D eigenvalue weighted by Gasteiger charge is -2.12. The molecule has 1 aromatic rings. The van der Waals surface area contributed by atoms with E-state index < -0.39 is 5.91 Å². The Morgan fingerprint density at radius 2 is 2.24 bits per heavy atom. The number of carbonyl (C=O) groups excluding carboxylic acids is 1. The number of benzene rings is 1. The molecule has 0 saturated heterocycles. The third-order valence-electron chi connectivity index (χ3n) is 2.09. The Bertz CT molecular complexity index is 393. The molecule has 1 amide bonds. The molecule has 1 rings (SSSR count). The number of amides is 1. The molecule has 4 N–H and O–H groups in total. The summed E-state index contributed by atoms with van der Waals surface area (Å²) in [6.45, 7) is 4.76. The van der Waals surface area contributed by atoms with Crippen LogP contribution in [0.25, 0.3) is 0 Å². The average Bonchev–Trinajstić information content (AvgIpc) is 2.26. The van der Waals surface area contributed by atoms with E-state index in [-0.39, 0.29) is 5.75 Å². The molecule has 17 heavy (non-hydrogen) atoms. The molecule has 0 radical (unpaired) electrons. The zero-order valence-electron chi connectivity index (χ0n) is 9.77. The normalized spacial score (nSPS) is 10.4. The fourth-order valence-corrected chi connectivity index (χ4v) is 1.29. The van der Waals surface area contributed by atoms with Gasteiger partial charge in [-0.1, -0.05) is 13.8 Å². The molecule has 1 aromatic carbocycles. The smallest absolute Gasteiger partial charge is 0.250 e. The van der Waals surface area contributed by atoms with Crippen LogP contribution in [0, 0.1) is 5.92 Å². The van der Waals surface area contributed by atoms with Crippen molar-refractivity contribution in [3.05, 3.63) is 23.8 Å². The van der Waals surface area contributed by atoms with Crippen molar-refractivity contribution in [2.75, 3.05) is 11.9 Å². The van der Waals surface area contributed by atoms with Crippen molar-refractivity contribution in [1.82, 2.24) is 0 Å². The Kier molecular flexibility index (Phi) is 4.74. The molecule has 0 aliphatic carbocycles. The van der Waals surface area contributed by atoms with Gasteiger partial charge in [-0.25, -0.2) is 5.26 Å². The lowest BCUT2D eigenvalue weighted by molar-refractivity contribution is -0.438. The van der Waals surface area contributed by atoms with E-state index in [1.54, 1.807) is 0 Å². The maximum Gasteiger partial charge on any atom is 0.250 e. The topological polar surface area (TPSA) is 93.8 Å². The molecule has 0 heterocycles. The van der Waals surface area contributed by atoms with Crippen LogP contribution in [0.2, 0.25) is 0 Å². The summed E-state index contributed by atoms with van der Waals surface area (Å²) >= 11 is 0. The summed E-state index contributed by atoms with van der Waals surface area (Å²) in [5.74, 6) is 0.144. The minimum absolute atomic E-state index is 0.267. The highest BCUT2D eigenvalue weighted by Gasteiger charge is 2.10. The summed E-state index contributed by atoms with van der Waals surface area (Å²) in [7, 11) is 0. The van der Waals surface area contributed by atoms with Gasteiger partial charge in [0, 0.05) is 12.6 Å². The molecular formula is C11H16N2O4. The molecule has 0 fully saturated rings. The summed E-state index contributed by atoms with van der Waals surface area (Å²) in [6.07, 6.45) is 0. The fourth-order valence-electron chi connectivity index (χ4n) is 1.29. The van der Waals surface area contributed by atoms with Gasteiger partial charge in [-0.3, -0.25) is 4.79 Å². The molecule has 0 aliphatic heterocycles. The monoisotopic (exact) mass is 240 g/mol. The summed E-state index contributed by atoms with van der Waals surface area (Å²) in [5, 5.41) is 14.8. The average molecular weight is 240 g/mol. The van der Waals surface area contributed by atoms with Crippen LogP contribution in [-0.4, -0.2) is 17.7 Å². The summed E-state index contributed by atoms with van der Waals surface area (Å²) in [4.78, 5) is 15.6. The number of primary amides is 1. The van der Waals surface area contributed by atoms with Crippen LogP contribution < -0.4 is 15.9 Å². The van der Waals surface area contributed by atoms with Gasteiger partial charge in [-0.2, -0.15) is 0 Å². The van der Waals surface area contributed by atoms with Crippen molar-refractivity contribution in [1.29, 1.82) is 0 Å². The minimum atomic E-state index is -0.535. The molecule has 0 saturated carbocycles. The number of hydrogen-bond acceptors (Lipinski definition) is 5. The van der Waals surface area contributed by atoms with Crippen molar-refractivity contribution in [2.45, 2.75) is 13.8 Å². The molecule has 0 unspecified atom stereocenters. The molecule has 94 valence electrons. The van der Waals surface area contributed by atoms with Crippen LogP contribution in [0.4, 0.5) is 5.69 Å². The first-order valence-electron chi connectivity index (χ1n) is 5.20. The molecule has 6 heteroatoms. The van der Waals surface area contributed by atoms with Gasteiger partial charge in [0.25, 0.3) is 5.91 Å². The number of rotatable bonds is 6. The highest BCUT2D eigenvalue weighted by atomic mass is 17.5. The lowest BCUT2D eigenvalue weighted by Crippen LogP contribution is -2.16. The zero-order chi connectivity index (χ0) is 12.8. The number of nitrogens with two attached hydrogens (primary N) is 1. The molecule has 6 nitrogen and oxygen atoms in total. The van der Waals surface area contributed by atoms with Crippen LogP contribution in [0.15, 0.2) is 18.2 Å². The second-order valence-corrected chi connectivity index (χ2v) is 4.00. The summed E-state index contributed by atoms with van der Waals surface area (Å²) < 4.78 is 0. The molecule has 0 spiro atoms. The van der Waals surface area contributed by atoms with Crippen molar-refractivity contribution in [3.63, 3.8) is 0 Å². The first-order valence-corrected chi connectivity index (χ1v) is 5.20. The second-order valence-electron chi connectivity index (χ2n) is 4.00. The van der Waals surface area contributed by atoms with Crippen LogP contribution in [0.3, 0.4) is 0 Å². The second kappa shape index (κ2) is 6.07. The Labute approximate surface area is 99.2 Å². The van der Waals surface area contributed by atoms with Crippen LogP contribution in [-0.2, 0) is 5.04 Å². The predicted octanol–water partition coefficient (Wildman–Crippen LogP) is 1.64. The zero-order valence-corrected chi connectivity index (χ0v) is 9.77. The first kappa shape index (κ1) is 13.3. The van der Waals surface area contributed by atoms with E-state index in [2.05, 4.69) is 15.2 Å². The number of carbonyl (C=O) groups is 1. The Hall–Kier alpha value is -1.79. The quantitative estimate of drug-likeness (QED) is 0.519. The van der Waals surface area contributed by atoms with Crippen molar-refractivity contribution in [2.24, 2.45) is 11.7 Å². The van der Waals surface area contributed by atoms with Crippen molar-refractivity contribution < 1.29 is 20.0 Å². The summed E-state index contributed by atoms with van der Waals surface area (Å²) in [6, 6.07) is 4.49. The Morgan fingerprint density at radius 3 is 2.76 bits per heavy atom. The van der Waals surface area contributed by atoms with Gasteiger partial charge in [-0.15, -0.1) is 0 Å². The summed E-state index contributed by atoms with van der Waals surface area (Å²) in [5.41, 5.74) is 6.14. The standard InChI is InChI=1S/C11H16N2O4/c1-7(2)6-13-10-5-8(16-17-15)3-4-9(10)11(12)14/h3-5,7,13,15H,6H2,1-2H3,(H2,12,14). The Balaban J connectivity index is 2.94. The lowest BCUT2D eigenvalue weighted by atomic mass is 10.1. The fraction of sp³-hybridized carbons (Fsp3) is 0.364. The Morgan fingerprint density at radius 1 is 1.53 bits per heavy atom. The van der Waals surface area contributed by atoms with Gasteiger partial charge < -0.3 is 15.9 Å². The van der Waals surface area contributed by atoms with Gasteiger partial charge in [0.1, 0.15) is 0 Å². The van der Waals surface area contributed by atoms with Crippen molar-refractivity contribution in [3.8, 4) is 5.75 Å². The van der Waals surface area contributed by atoms with Crippen LogP contribution >= 0.6 is 0 Å². The number of nitrogens with one attached hydrogen (secondary N) is 1. The first-order chi connectivity index (χ1) is 8.04. The van der Waals surface area contributed by atoms with Crippen LogP contribution in [0.1, 0.15) is 24.2 Å². The molecule has 0 atom stereocenters. The molecule has 0 aromatic heterocycles.